The summed E-state index contributed by atoms with van der Waals surface area (Å²) in [6.45, 7) is 2.67. The van der Waals surface area contributed by atoms with Crippen molar-refractivity contribution < 1.29 is 32.3 Å². The average molecular weight is 524 g/mol. The van der Waals surface area contributed by atoms with Crippen molar-refractivity contribution in [1.82, 2.24) is 9.80 Å². The summed E-state index contributed by atoms with van der Waals surface area (Å²) in [5.41, 5.74) is 0.500. The third-order valence-electron chi connectivity index (χ3n) is 6.32. The molecule has 4 rings (SSSR count). The van der Waals surface area contributed by atoms with E-state index >= 15 is 0 Å². The standard InChI is InChI=1S/C21H25AsN2O7S/c1-21(2)19(27)24(20(28)23(21)3)11-15(18(25)26)22-32(29,30)12-8-9-14-13-6-4-5-7-16(13)31-17(14)10-12/h8-10,15,22H,4-7,11H2,1-3H3,(H,25,26). The van der Waals surface area contributed by atoms with Gasteiger partial charge in [-0.25, -0.2) is 0 Å². The van der Waals surface area contributed by atoms with Crippen LogP contribution in [0.15, 0.2) is 27.5 Å². The van der Waals surface area contributed by atoms with Gasteiger partial charge in [0.1, 0.15) is 0 Å². The van der Waals surface area contributed by atoms with Gasteiger partial charge < -0.3 is 0 Å². The number of imide groups is 1. The number of rotatable bonds is 6. The van der Waals surface area contributed by atoms with Gasteiger partial charge in [-0.05, 0) is 0 Å². The topological polar surface area (TPSA) is 125 Å². The van der Waals surface area contributed by atoms with Gasteiger partial charge in [-0.3, -0.25) is 0 Å². The Bertz CT molecular complexity index is 1230. The number of amides is 3. The number of nitrogens with zero attached hydrogens (tertiary/aromatic N) is 2. The quantitative estimate of drug-likeness (QED) is 0.453. The van der Waals surface area contributed by atoms with Gasteiger partial charge in [0, 0.05) is 0 Å². The minimum absolute atomic E-state index is 0.0128. The van der Waals surface area contributed by atoms with Crippen LogP contribution in [0, 0.1) is 0 Å². The van der Waals surface area contributed by atoms with E-state index < -0.39 is 57.4 Å². The van der Waals surface area contributed by atoms with Crippen LogP contribution in [-0.2, 0) is 30.5 Å². The molecule has 1 N–H and O–H groups in total. The summed E-state index contributed by atoms with van der Waals surface area (Å²) in [6.07, 6.45) is 3.81. The molecule has 2 aromatic rings. The number of benzene rings is 1. The van der Waals surface area contributed by atoms with Gasteiger partial charge in [-0.15, -0.1) is 0 Å². The van der Waals surface area contributed by atoms with Gasteiger partial charge in [0.15, 0.2) is 0 Å². The first-order chi connectivity index (χ1) is 14.9. The maximum atomic E-state index is 13.1. The van der Waals surface area contributed by atoms with Gasteiger partial charge >= 0.3 is 191 Å². The molecule has 0 bridgehead atoms. The molecule has 1 fully saturated rings. The van der Waals surface area contributed by atoms with Crippen LogP contribution in [-0.4, -0.2) is 75.0 Å². The van der Waals surface area contributed by atoms with Crippen LogP contribution < -0.4 is 0 Å². The molecular weight excluding hydrogens is 499 g/mol. The van der Waals surface area contributed by atoms with Crippen LogP contribution in [0.4, 0.5) is 4.79 Å². The van der Waals surface area contributed by atoms with E-state index in [4.69, 9.17) is 4.42 Å². The van der Waals surface area contributed by atoms with E-state index in [9.17, 15) is 27.9 Å². The Labute approximate surface area is 191 Å². The predicted molar refractivity (Wildman–Crippen MR) is 118 cm³/mol. The van der Waals surface area contributed by atoms with E-state index in [1.165, 1.54) is 24.1 Å². The summed E-state index contributed by atoms with van der Waals surface area (Å²) < 4.78 is 30.8. The summed E-state index contributed by atoms with van der Waals surface area (Å²) in [6, 6.07) is 4.06. The van der Waals surface area contributed by atoms with Crippen molar-refractivity contribution in [3.63, 3.8) is 0 Å². The molecule has 2 aliphatic rings. The molecule has 1 aromatic heterocycles. The number of carbonyl (C=O) groups excluding carboxylic acids is 2. The van der Waals surface area contributed by atoms with Crippen LogP contribution in [0.1, 0.15) is 38.0 Å². The molecule has 1 aliphatic carbocycles. The van der Waals surface area contributed by atoms with Crippen molar-refractivity contribution in [3.8, 4) is 0 Å². The molecule has 172 valence electrons. The van der Waals surface area contributed by atoms with Crippen molar-refractivity contribution in [2.45, 2.75) is 54.7 Å². The van der Waals surface area contributed by atoms with Crippen molar-refractivity contribution in [2.24, 2.45) is 0 Å². The molecule has 1 saturated heterocycles. The Kier molecular flexibility index (Phi) is 5.66. The van der Waals surface area contributed by atoms with E-state index in [1.54, 1.807) is 19.9 Å². The summed E-state index contributed by atoms with van der Waals surface area (Å²) in [4.78, 5) is 39.0. The Morgan fingerprint density at radius 3 is 2.56 bits per heavy atom. The number of likely N-dealkylation sites (N-methyl/N-ethyl adjacent to an activating group) is 1. The second kappa shape index (κ2) is 7.92. The fourth-order valence-corrected chi connectivity index (χ4v) is 10.9. The number of furan rings is 1. The zero-order valence-corrected chi connectivity index (χ0v) is 21.0. The van der Waals surface area contributed by atoms with Crippen molar-refractivity contribution >= 4 is 51.6 Å². The number of hydrogen-bond acceptors (Lipinski definition) is 6. The molecule has 0 saturated carbocycles. The van der Waals surface area contributed by atoms with E-state index in [2.05, 4.69) is 0 Å². The second-order valence-electron chi connectivity index (χ2n) is 8.70. The molecule has 1 aromatic carbocycles. The summed E-state index contributed by atoms with van der Waals surface area (Å²) in [5, 5.41) is 10.6. The van der Waals surface area contributed by atoms with Gasteiger partial charge in [0.25, 0.3) is 0 Å². The van der Waals surface area contributed by atoms with Crippen molar-refractivity contribution in [2.75, 3.05) is 13.6 Å². The third kappa shape index (κ3) is 3.73. The number of aliphatic carboxylic acids is 1. The number of aryl methyl sites for hydroxylation is 2. The van der Waals surface area contributed by atoms with Gasteiger partial charge in [0.2, 0.25) is 0 Å². The molecule has 0 radical (unpaired) electrons. The second-order valence-corrected chi connectivity index (χ2v) is 16.7. The van der Waals surface area contributed by atoms with Gasteiger partial charge in [0.05, 0.1) is 0 Å². The molecular formula is C21H25AsN2O7S. The molecule has 3 amide bonds. The number of carboxylic acid groups (broad SMARTS) is 1. The number of hydrogen-bond donors (Lipinski definition) is 1. The van der Waals surface area contributed by atoms with Gasteiger partial charge in [-0.2, -0.15) is 0 Å². The minimum atomic E-state index is -3.89. The molecule has 1 aliphatic heterocycles. The Morgan fingerprint density at radius 1 is 1.25 bits per heavy atom. The van der Waals surface area contributed by atoms with E-state index in [0.717, 1.165) is 47.3 Å². The summed E-state index contributed by atoms with van der Waals surface area (Å²) >= 11 is -2.17. The van der Waals surface area contributed by atoms with Crippen molar-refractivity contribution in [3.05, 3.63) is 29.5 Å². The molecule has 2 heterocycles. The first kappa shape index (κ1) is 22.9. The van der Waals surface area contributed by atoms with Crippen LogP contribution >= 0.6 is 0 Å². The van der Waals surface area contributed by atoms with E-state index in [1.807, 2.05) is 0 Å². The van der Waals surface area contributed by atoms with E-state index in [0.29, 0.717) is 5.58 Å². The Balaban J connectivity index is 1.60. The van der Waals surface area contributed by atoms with Gasteiger partial charge in [-0.1, -0.05) is 0 Å². The Hall–Kier alpha value is -2.32. The summed E-state index contributed by atoms with van der Waals surface area (Å²) in [5.74, 6) is -0.989. The predicted octanol–water partition coefficient (Wildman–Crippen LogP) is 1.98. The molecule has 11 heteroatoms. The molecule has 2 unspecified atom stereocenters. The fraction of sp³-hybridized carbons (Fsp3) is 0.476. The van der Waals surface area contributed by atoms with E-state index in [-0.39, 0.29) is 4.90 Å². The molecule has 9 nitrogen and oxygen atoms in total. The molecule has 2 atom stereocenters. The first-order valence-corrected chi connectivity index (χ1v) is 15.6. The zero-order valence-electron chi connectivity index (χ0n) is 18.0. The van der Waals surface area contributed by atoms with Crippen LogP contribution in [0.2, 0.25) is 4.71 Å². The number of fused-ring (bicyclic) bond motifs is 3. The molecule has 32 heavy (non-hydrogen) atoms. The normalized spacial score (nSPS) is 19.8. The Morgan fingerprint density at radius 2 is 1.94 bits per heavy atom. The summed E-state index contributed by atoms with van der Waals surface area (Å²) in [7, 11) is -2.44. The zero-order chi connectivity index (χ0) is 23.4. The van der Waals surface area contributed by atoms with Crippen LogP contribution in [0.3, 0.4) is 0 Å². The number of urea groups is 1. The fourth-order valence-electron chi connectivity index (χ4n) is 4.16. The monoisotopic (exact) mass is 524 g/mol. The number of carbonyl (C=O) groups is 3. The molecule has 0 spiro atoms. The van der Waals surface area contributed by atoms with Crippen LogP contribution in [0.25, 0.3) is 11.0 Å². The number of carboxylic acids is 1. The van der Waals surface area contributed by atoms with Crippen LogP contribution in [0.5, 0.6) is 0 Å². The third-order valence-corrected chi connectivity index (χ3v) is 13.9. The SMILES string of the molecule is CN1C(=O)N(CC([AsH]S(=O)(=O)c2ccc3c4c(oc3c2)CCCC4)C(=O)O)C(=O)C1(C)C. The van der Waals surface area contributed by atoms with Crippen molar-refractivity contribution in [1.29, 1.82) is 0 Å². The average Bonchev–Trinajstić information content (AvgIpc) is 3.18. The maximum absolute atomic E-state index is 13.1. The first-order valence-electron chi connectivity index (χ1n) is 10.3.